The molecule has 0 fully saturated rings. The van der Waals surface area contributed by atoms with Gasteiger partial charge >= 0.3 is 0 Å². The van der Waals surface area contributed by atoms with Gasteiger partial charge in [-0.1, -0.05) is 13.3 Å². The lowest BCUT2D eigenvalue weighted by Gasteiger charge is -2.27. The van der Waals surface area contributed by atoms with E-state index in [1.165, 1.54) is 0 Å². The van der Waals surface area contributed by atoms with Gasteiger partial charge in [-0.3, -0.25) is 4.79 Å². The average molecular weight is 324 g/mol. The van der Waals surface area contributed by atoms with Crippen LogP contribution in [0.3, 0.4) is 0 Å². The molecule has 0 saturated heterocycles. The van der Waals surface area contributed by atoms with E-state index in [1.807, 2.05) is 33.8 Å². The third-order valence-corrected chi connectivity index (χ3v) is 3.48. The number of aromatic nitrogens is 1. The molecular formula is C17H28N2O4. The SMILES string of the molecule is CCC[C@@](C)(OCC)C(=O)Nc1cnc(OCCOC)c(C)c1. The van der Waals surface area contributed by atoms with Gasteiger partial charge in [-0.15, -0.1) is 0 Å². The third-order valence-electron chi connectivity index (χ3n) is 3.48. The number of methoxy groups -OCH3 is 1. The Morgan fingerprint density at radius 1 is 1.35 bits per heavy atom. The molecular weight excluding hydrogens is 296 g/mol. The highest BCUT2D eigenvalue weighted by atomic mass is 16.5. The topological polar surface area (TPSA) is 69.7 Å². The molecule has 0 radical (unpaired) electrons. The highest BCUT2D eigenvalue weighted by molar-refractivity contribution is 5.97. The Morgan fingerprint density at radius 2 is 2.09 bits per heavy atom. The number of ether oxygens (including phenoxy) is 3. The van der Waals surface area contributed by atoms with Crippen molar-refractivity contribution in [3.63, 3.8) is 0 Å². The van der Waals surface area contributed by atoms with Gasteiger partial charge in [0.1, 0.15) is 12.2 Å². The number of pyridine rings is 1. The van der Waals surface area contributed by atoms with Crippen molar-refractivity contribution in [2.75, 3.05) is 32.2 Å². The zero-order chi connectivity index (χ0) is 17.3. The molecule has 1 atom stereocenters. The number of rotatable bonds is 10. The van der Waals surface area contributed by atoms with E-state index in [0.29, 0.717) is 37.8 Å². The number of amides is 1. The molecule has 6 nitrogen and oxygen atoms in total. The van der Waals surface area contributed by atoms with Gasteiger partial charge in [0, 0.05) is 19.3 Å². The predicted molar refractivity (Wildman–Crippen MR) is 89.9 cm³/mol. The maximum absolute atomic E-state index is 12.5. The molecule has 1 aromatic rings. The molecule has 0 aliphatic carbocycles. The lowest BCUT2D eigenvalue weighted by Crippen LogP contribution is -2.42. The number of anilines is 1. The van der Waals surface area contributed by atoms with Crippen molar-refractivity contribution >= 4 is 11.6 Å². The minimum absolute atomic E-state index is 0.157. The van der Waals surface area contributed by atoms with Crippen LogP contribution in [0.1, 0.15) is 39.2 Å². The van der Waals surface area contributed by atoms with Crippen LogP contribution in [0.15, 0.2) is 12.3 Å². The van der Waals surface area contributed by atoms with Gasteiger partial charge in [0.25, 0.3) is 5.91 Å². The molecule has 1 rings (SSSR count). The molecule has 1 heterocycles. The number of hydrogen-bond acceptors (Lipinski definition) is 5. The Balaban J connectivity index is 2.76. The highest BCUT2D eigenvalue weighted by Gasteiger charge is 2.33. The number of nitrogens with zero attached hydrogens (tertiary/aromatic N) is 1. The predicted octanol–water partition coefficient (Wildman–Crippen LogP) is 2.95. The molecule has 0 bridgehead atoms. The number of nitrogens with one attached hydrogen (secondary N) is 1. The second-order valence-electron chi connectivity index (χ2n) is 5.56. The second kappa shape index (κ2) is 9.47. The second-order valence-corrected chi connectivity index (χ2v) is 5.56. The van der Waals surface area contributed by atoms with Crippen LogP contribution < -0.4 is 10.1 Å². The van der Waals surface area contributed by atoms with Crippen LogP contribution in [0, 0.1) is 6.92 Å². The minimum Gasteiger partial charge on any atom is -0.475 e. The van der Waals surface area contributed by atoms with E-state index in [0.717, 1.165) is 12.0 Å². The van der Waals surface area contributed by atoms with Gasteiger partial charge in [0.2, 0.25) is 5.88 Å². The maximum Gasteiger partial charge on any atom is 0.256 e. The summed E-state index contributed by atoms with van der Waals surface area (Å²) in [7, 11) is 1.62. The smallest absolute Gasteiger partial charge is 0.256 e. The first-order valence-electron chi connectivity index (χ1n) is 8.00. The van der Waals surface area contributed by atoms with Crippen LogP contribution in [-0.2, 0) is 14.3 Å². The average Bonchev–Trinajstić information content (AvgIpc) is 2.50. The van der Waals surface area contributed by atoms with Crippen molar-refractivity contribution in [2.45, 2.75) is 46.1 Å². The first-order valence-corrected chi connectivity index (χ1v) is 8.00. The van der Waals surface area contributed by atoms with Crippen molar-refractivity contribution < 1.29 is 19.0 Å². The number of carbonyl (C=O) groups is 1. The molecule has 0 saturated carbocycles. The Hall–Kier alpha value is -1.66. The summed E-state index contributed by atoms with van der Waals surface area (Å²) < 4.78 is 16.1. The Kier molecular flexibility index (Phi) is 7.98. The summed E-state index contributed by atoms with van der Waals surface area (Å²) in [4.78, 5) is 16.8. The van der Waals surface area contributed by atoms with Crippen molar-refractivity contribution in [1.82, 2.24) is 4.98 Å². The van der Waals surface area contributed by atoms with E-state index in [9.17, 15) is 4.79 Å². The van der Waals surface area contributed by atoms with Crippen molar-refractivity contribution in [3.05, 3.63) is 17.8 Å². The van der Waals surface area contributed by atoms with Crippen LogP contribution in [0.2, 0.25) is 0 Å². The molecule has 0 spiro atoms. The fraction of sp³-hybridized carbons (Fsp3) is 0.647. The van der Waals surface area contributed by atoms with Gasteiger partial charge in [-0.05, 0) is 33.3 Å². The Labute approximate surface area is 138 Å². The summed E-state index contributed by atoms with van der Waals surface area (Å²) >= 11 is 0. The summed E-state index contributed by atoms with van der Waals surface area (Å²) in [5.74, 6) is 0.386. The van der Waals surface area contributed by atoms with Gasteiger partial charge in [-0.25, -0.2) is 4.98 Å². The molecule has 0 aromatic carbocycles. The molecule has 0 aliphatic rings. The first kappa shape index (κ1) is 19.4. The van der Waals surface area contributed by atoms with E-state index >= 15 is 0 Å². The highest BCUT2D eigenvalue weighted by Crippen LogP contribution is 2.23. The minimum atomic E-state index is -0.828. The van der Waals surface area contributed by atoms with Crippen LogP contribution >= 0.6 is 0 Å². The summed E-state index contributed by atoms with van der Waals surface area (Å²) in [5.41, 5.74) is 0.659. The summed E-state index contributed by atoms with van der Waals surface area (Å²) in [5, 5.41) is 2.88. The van der Waals surface area contributed by atoms with E-state index in [2.05, 4.69) is 10.3 Å². The quantitative estimate of drug-likeness (QED) is 0.670. The van der Waals surface area contributed by atoms with E-state index in [-0.39, 0.29) is 5.91 Å². The van der Waals surface area contributed by atoms with Crippen molar-refractivity contribution in [3.8, 4) is 5.88 Å². The Morgan fingerprint density at radius 3 is 2.65 bits per heavy atom. The number of aryl methyl sites for hydroxylation is 1. The van der Waals surface area contributed by atoms with Crippen LogP contribution in [0.5, 0.6) is 5.88 Å². The van der Waals surface area contributed by atoms with Gasteiger partial charge in [0.15, 0.2) is 0 Å². The Bertz CT molecular complexity index is 499. The zero-order valence-corrected chi connectivity index (χ0v) is 14.8. The van der Waals surface area contributed by atoms with E-state index in [1.54, 1.807) is 13.3 Å². The largest absolute Gasteiger partial charge is 0.475 e. The van der Waals surface area contributed by atoms with Crippen molar-refractivity contribution in [2.24, 2.45) is 0 Å². The zero-order valence-electron chi connectivity index (χ0n) is 14.8. The fourth-order valence-corrected chi connectivity index (χ4v) is 2.31. The molecule has 0 unspecified atom stereocenters. The van der Waals surface area contributed by atoms with Crippen LogP contribution in [-0.4, -0.2) is 43.4 Å². The monoisotopic (exact) mass is 324 g/mol. The van der Waals surface area contributed by atoms with E-state index < -0.39 is 5.60 Å². The molecule has 130 valence electrons. The first-order chi connectivity index (χ1) is 11.0. The lowest BCUT2D eigenvalue weighted by atomic mass is 9.99. The van der Waals surface area contributed by atoms with E-state index in [4.69, 9.17) is 14.2 Å². The third kappa shape index (κ3) is 5.80. The van der Waals surface area contributed by atoms with Gasteiger partial charge in [-0.2, -0.15) is 0 Å². The number of carbonyl (C=O) groups excluding carboxylic acids is 1. The molecule has 23 heavy (non-hydrogen) atoms. The standard InChI is InChI=1S/C17H28N2O4/c1-6-8-17(4,23-7-2)16(20)19-14-11-13(3)15(18-12-14)22-10-9-21-5/h11-12H,6-10H2,1-5H3,(H,19,20)/t17-/m1/s1. The summed E-state index contributed by atoms with van der Waals surface area (Å²) in [6.45, 7) is 9.06. The number of hydrogen-bond donors (Lipinski definition) is 1. The van der Waals surface area contributed by atoms with Crippen molar-refractivity contribution in [1.29, 1.82) is 0 Å². The fourth-order valence-electron chi connectivity index (χ4n) is 2.31. The molecule has 1 aromatic heterocycles. The summed E-state index contributed by atoms with van der Waals surface area (Å²) in [6, 6.07) is 1.84. The van der Waals surface area contributed by atoms with Crippen LogP contribution in [0.4, 0.5) is 5.69 Å². The molecule has 0 aliphatic heterocycles. The maximum atomic E-state index is 12.5. The molecule has 1 amide bonds. The van der Waals surface area contributed by atoms with Gasteiger partial charge in [0.05, 0.1) is 18.5 Å². The molecule has 6 heteroatoms. The normalized spacial score (nSPS) is 13.4. The van der Waals surface area contributed by atoms with Crippen LogP contribution in [0.25, 0.3) is 0 Å². The summed E-state index contributed by atoms with van der Waals surface area (Å²) in [6.07, 6.45) is 3.12. The molecule has 1 N–H and O–H groups in total. The lowest BCUT2D eigenvalue weighted by molar-refractivity contribution is -0.139. The van der Waals surface area contributed by atoms with Gasteiger partial charge < -0.3 is 19.5 Å².